The number of hydrogen-bond acceptors (Lipinski definition) is 5. The highest BCUT2D eigenvalue weighted by Gasteiger charge is 2.21. The Morgan fingerprint density at radius 2 is 2.15 bits per heavy atom. The minimum atomic E-state index is -0.529. The molecule has 1 saturated carbocycles. The minimum Gasteiger partial charge on any atom is -0.483 e. The van der Waals surface area contributed by atoms with Gasteiger partial charge in [-0.05, 0) is 30.9 Å². The van der Waals surface area contributed by atoms with Gasteiger partial charge in [0.25, 0.3) is 5.91 Å². The summed E-state index contributed by atoms with van der Waals surface area (Å²) in [5, 5.41) is 2.78. The predicted octanol–water partition coefficient (Wildman–Crippen LogP) is 0.960. The second kappa shape index (κ2) is 6.27. The van der Waals surface area contributed by atoms with Crippen molar-refractivity contribution in [2.24, 2.45) is 5.92 Å². The fraction of sp³-hybridized carbons (Fsp3) is 0.429. The third-order valence-electron chi connectivity index (χ3n) is 3.05. The molecule has 1 aromatic rings. The van der Waals surface area contributed by atoms with E-state index in [1.165, 1.54) is 32.1 Å². The first-order chi connectivity index (χ1) is 9.60. The highest BCUT2D eigenvalue weighted by atomic mass is 16.5. The molecule has 0 radical (unpaired) electrons. The van der Waals surface area contributed by atoms with E-state index in [0.29, 0.717) is 18.2 Å². The maximum absolute atomic E-state index is 11.6. The maximum Gasteiger partial charge on any atom is 0.341 e. The van der Waals surface area contributed by atoms with Crippen molar-refractivity contribution in [2.75, 3.05) is 26.0 Å². The summed E-state index contributed by atoms with van der Waals surface area (Å²) in [5.74, 6) is 0.115. The number of esters is 1. The zero-order chi connectivity index (χ0) is 14.5. The molecule has 6 nitrogen and oxygen atoms in total. The molecular formula is C14H18N2O4. The molecule has 0 atom stereocenters. The van der Waals surface area contributed by atoms with Crippen molar-refractivity contribution in [3.05, 3.63) is 23.8 Å². The lowest BCUT2D eigenvalue weighted by Gasteiger charge is -2.11. The van der Waals surface area contributed by atoms with Crippen LogP contribution < -0.4 is 15.8 Å². The van der Waals surface area contributed by atoms with Crippen LogP contribution in [0, 0.1) is 5.92 Å². The van der Waals surface area contributed by atoms with E-state index in [-0.39, 0.29) is 23.8 Å². The third-order valence-corrected chi connectivity index (χ3v) is 3.05. The second-order valence-electron chi connectivity index (χ2n) is 4.78. The molecule has 1 aliphatic carbocycles. The topological polar surface area (TPSA) is 90.7 Å². The average molecular weight is 278 g/mol. The van der Waals surface area contributed by atoms with Gasteiger partial charge in [-0.15, -0.1) is 0 Å². The Morgan fingerprint density at radius 3 is 2.80 bits per heavy atom. The highest BCUT2D eigenvalue weighted by Crippen LogP contribution is 2.27. The van der Waals surface area contributed by atoms with E-state index in [4.69, 9.17) is 10.5 Å². The average Bonchev–Trinajstić information content (AvgIpc) is 3.26. The summed E-state index contributed by atoms with van der Waals surface area (Å²) in [7, 11) is 1.28. The number of nitrogens with two attached hydrogens (primary N) is 1. The molecule has 0 bridgehead atoms. The summed E-state index contributed by atoms with van der Waals surface area (Å²) in [6.07, 6.45) is 2.34. The first-order valence-electron chi connectivity index (χ1n) is 6.47. The summed E-state index contributed by atoms with van der Waals surface area (Å²) in [5.41, 5.74) is 6.35. The second-order valence-corrected chi connectivity index (χ2v) is 4.78. The van der Waals surface area contributed by atoms with Crippen molar-refractivity contribution in [3.63, 3.8) is 0 Å². The molecule has 1 aromatic carbocycles. The lowest BCUT2D eigenvalue weighted by atomic mass is 10.2. The summed E-state index contributed by atoms with van der Waals surface area (Å²) in [6.45, 7) is 0.531. The van der Waals surface area contributed by atoms with Gasteiger partial charge in [0.05, 0.1) is 7.11 Å². The van der Waals surface area contributed by atoms with Crippen molar-refractivity contribution in [2.45, 2.75) is 12.8 Å². The number of nitrogens with one attached hydrogen (secondary N) is 1. The maximum atomic E-state index is 11.6. The Bertz CT molecular complexity index is 512. The van der Waals surface area contributed by atoms with Gasteiger partial charge >= 0.3 is 5.97 Å². The Kier molecular flexibility index (Phi) is 4.45. The molecule has 0 spiro atoms. The zero-order valence-electron chi connectivity index (χ0n) is 11.3. The number of amides is 1. The normalized spacial score (nSPS) is 13.7. The lowest BCUT2D eigenvalue weighted by molar-refractivity contribution is -0.123. The van der Waals surface area contributed by atoms with Gasteiger partial charge in [0.1, 0.15) is 11.3 Å². The number of ether oxygens (including phenoxy) is 2. The molecule has 1 fully saturated rings. The van der Waals surface area contributed by atoms with Crippen molar-refractivity contribution in [3.8, 4) is 5.75 Å². The van der Waals surface area contributed by atoms with Gasteiger partial charge in [0, 0.05) is 18.3 Å². The van der Waals surface area contributed by atoms with E-state index in [1.807, 2.05) is 0 Å². The van der Waals surface area contributed by atoms with Crippen LogP contribution in [0.25, 0.3) is 0 Å². The van der Waals surface area contributed by atoms with Crippen molar-refractivity contribution < 1.29 is 19.1 Å². The number of carbonyl (C=O) groups is 2. The van der Waals surface area contributed by atoms with Gasteiger partial charge in [-0.2, -0.15) is 0 Å². The zero-order valence-corrected chi connectivity index (χ0v) is 11.3. The number of hydrogen-bond donors (Lipinski definition) is 2. The van der Waals surface area contributed by atoms with E-state index in [9.17, 15) is 9.59 Å². The van der Waals surface area contributed by atoms with E-state index in [1.54, 1.807) is 6.07 Å². The van der Waals surface area contributed by atoms with Gasteiger partial charge in [0.2, 0.25) is 0 Å². The van der Waals surface area contributed by atoms with Crippen LogP contribution in [0.5, 0.6) is 5.75 Å². The number of rotatable bonds is 6. The molecule has 3 N–H and O–H groups in total. The molecule has 0 heterocycles. The van der Waals surface area contributed by atoms with E-state index >= 15 is 0 Å². The van der Waals surface area contributed by atoms with Crippen LogP contribution in [-0.2, 0) is 9.53 Å². The summed E-state index contributed by atoms with van der Waals surface area (Å²) in [4.78, 5) is 23.2. The van der Waals surface area contributed by atoms with Gasteiger partial charge in [-0.3, -0.25) is 4.79 Å². The molecule has 0 aromatic heterocycles. The number of methoxy groups -OCH3 is 1. The number of nitrogen functional groups attached to an aromatic ring is 1. The van der Waals surface area contributed by atoms with E-state index in [2.05, 4.69) is 10.1 Å². The first kappa shape index (κ1) is 14.2. The molecule has 20 heavy (non-hydrogen) atoms. The van der Waals surface area contributed by atoms with Crippen LogP contribution in [0.4, 0.5) is 5.69 Å². The van der Waals surface area contributed by atoms with E-state index < -0.39 is 5.97 Å². The third kappa shape index (κ3) is 3.88. The van der Waals surface area contributed by atoms with E-state index in [0.717, 1.165) is 0 Å². The van der Waals surface area contributed by atoms with Crippen LogP contribution in [0.15, 0.2) is 18.2 Å². The van der Waals surface area contributed by atoms with Crippen LogP contribution in [-0.4, -0.2) is 32.1 Å². The number of carbonyl (C=O) groups excluding carboxylic acids is 2. The van der Waals surface area contributed by atoms with Gasteiger partial charge in [-0.1, -0.05) is 0 Å². The fourth-order valence-electron chi connectivity index (χ4n) is 1.71. The molecule has 1 amide bonds. The first-order valence-corrected chi connectivity index (χ1v) is 6.47. The molecule has 0 saturated heterocycles. The molecule has 1 aliphatic rings. The van der Waals surface area contributed by atoms with Crippen molar-refractivity contribution in [1.82, 2.24) is 5.32 Å². The summed E-state index contributed by atoms with van der Waals surface area (Å²) >= 11 is 0. The molecule has 0 aliphatic heterocycles. The Morgan fingerprint density at radius 1 is 1.40 bits per heavy atom. The van der Waals surface area contributed by atoms with Gasteiger partial charge in [0.15, 0.2) is 6.61 Å². The predicted molar refractivity (Wildman–Crippen MR) is 73.4 cm³/mol. The smallest absolute Gasteiger partial charge is 0.341 e. The molecule has 108 valence electrons. The van der Waals surface area contributed by atoms with Gasteiger partial charge < -0.3 is 20.5 Å². The molecule has 0 unspecified atom stereocenters. The van der Waals surface area contributed by atoms with Crippen LogP contribution >= 0.6 is 0 Å². The molecule has 6 heteroatoms. The monoisotopic (exact) mass is 278 g/mol. The van der Waals surface area contributed by atoms with Crippen LogP contribution in [0.1, 0.15) is 23.2 Å². The van der Waals surface area contributed by atoms with Crippen LogP contribution in [0.2, 0.25) is 0 Å². The molecule has 2 rings (SSSR count). The highest BCUT2D eigenvalue weighted by molar-refractivity contribution is 5.93. The molecular weight excluding hydrogens is 260 g/mol. The number of benzene rings is 1. The summed E-state index contributed by atoms with van der Waals surface area (Å²) in [6, 6.07) is 4.59. The lowest BCUT2D eigenvalue weighted by Crippen LogP contribution is -2.30. The fourth-order valence-corrected chi connectivity index (χ4v) is 1.71. The van der Waals surface area contributed by atoms with Crippen LogP contribution in [0.3, 0.4) is 0 Å². The van der Waals surface area contributed by atoms with Gasteiger partial charge in [-0.25, -0.2) is 4.79 Å². The Labute approximate surface area is 117 Å². The SMILES string of the molecule is COC(=O)c1ccc(N)cc1OCC(=O)NCC1CC1. The quantitative estimate of drug-likeness (QED) is 0.597. The Hall–Kier alpha value is -2.24. The largest absolute Gasteiger partial charge is 0.483 e. The summed E-state index contributed by atoms with van der Waals surface area (Å²) < 4.78 is 10.0. The van der Waals surface area contributed by atoms with Crippen molar-refractivity contribution >= 4 is 17.6 Å². The standard InChI is InChI=1S/C14H18N2O4/c1-19-14(18)11-5-4-10(15)6-12(11)20-8-13(17)16-7-9-2-3-9/h4-6,9H,2-3,7-8,15H2,1H3,(H,16,17). The Balaban J connectivity index is 1.94. The minimum absolute atomic E-state index is 0.153. The van der Waals surface area contributed by atoms with Crippen molar-refractivity contribution in [1.29, 1.82) is 0 Å². The number of anilines is 1.